The van der Waals surface area contributed by atoms with E-state index in [-0.39, 0.29) is 46.8 Å². The number of allylic oxidation sites excluding steroid dienone is 2. The molecule has 0 fully saturated rings. The van der Waals surface area contributed by atoms with E-state index in [9.17, 15) is 30.0 Å². The highest BCUT2D eigenvalue weighted by molar-refractivity contribution is 6.08. The molecule has 0 amide bonds. The van der Waals surface area contributed by atoms with Crippen LogP contribution in [0.1, 0.15) is 122 Å². The molecule has 0 radical (unpaired) electrons. The molecule has 54 heavy (non-hydrogen) atoms. The van der Waals surface area contributed by atoms with Crippen LogP contribution >= 0.6 is 0 Å². The topological polar surface area (TPSA) is 134 Å². The molecular formula is C46H56O8. The fourth-order valence-electron chi connectivity index (χ4n) is 5.86. The van der Waals surface area contributed by atoms with Gasteiger partial charge in [0.15, 0.2) is 11.6 Å². The van der Waals surface area contributed by atoms with E-state index in [0.29, 0.717) is 40.2 Å². The molecule has 0 aliphatic rings. The van der Waals surface area contributed by atoms with Gasteiger partial charge >= 0.3 is 0 Å². The van der Waals surface area contributed by atoms with Crippen LogP contribution in [0.4, 0.5) is 0 Å². The lowest BCUT2D eigenvalue weighted by Crippen LogP contribution is -2.10. The third-order valence-corrected chi connectivity index (χ3v) is 8.50. The molecule has 288 valence electrons. The molecule has 4 N–H and O–H groups in total. The van der Waals surface area contributed by atoms with Gasteiger partial charge in [0.2, 0.25) is 0 Å². The van der Waals surface area contributed by atoms with Gasteiger partial charge in [-0.05, 0) is 161 Å². The van der Waals surface area contributed by atoms with Gasteiger partial charge in [0.25, 0.3) is 0 Å². The summed E-state index contributed by atoms with van der Waals surface area (Å²) in [5.41, 5.74) is 5.77. The van der Waals surface area contributed by atoms with E-state index in [0.717, 1.165) is 54.4 Å². The Morgan fingerprint density at radius 1 is 0.556 bits per heavy atom. The van der Waals surface area contributed by atoms with Crippen molar-refractivity contribution in [2.75, 3.05) is 0 Å². The number of carbonyl (C=O) groups is 2. The average molecular weight is 737 g/mol. The maximum Gasteiger partial charge on any atom is 0.185 e. The molecule has 0 aliphatic heterocycles. The zero-order valence-corrected chi connectivity index (χ0v) is 32.9. The second-order valence-corrected chi connectivity index (χ2v) is 13.6. The summed E-state index contributed by atoms with van der Waals surface area (Å²) in [6.45, 7) is 15.9. The largest absolute Gasteiger partial charge is 0.508 e. The summed E-state index contributed by atoms with van der Waals surface area (Å²) in [7, 11) is 0. The van der Waals surface area contributed by atoms with Crippen LogP contribution < -0.4 is 9.47 Å². The maximum absolute atomic E-state index is 12.5. The Balaban J connectivity index is 0.000000291. The van der Waals surface area contributed by atoms with Crippen LogP contribution in [0.5, 0.6) is 34.5 Å². The molecule has 4 aromatic carbocycles. The van der Waals surface area contributed by atoms with Crippen LogP contribution in [0.2, 0.25) is 0 Å². The van der Waals surface area contributed by atoms with Gasteiger partial charge in [-0.2, -0.15) is 0 Å². The molecule has 4 aromatic rings. The quantitative estimate of drug-likeness (QED) is 0.0660. The van der Waals surface area contributed by atoms with Crippen molar-refractivity contribution >= 4 is 23.7 Å². The number of phenolic OH excluding ortho intramolecular Hbond substituents is 4. The molecule has 8 nitrogen and oxygen atoms in total. The highest BCUT2D eigenvalue weighted by Gasteiger charge is 2.19. The molecule has 0 saturated carbocycles. The standard InChI is InChI=1S/C24H30O4.C22H26O4/c1-5-7-18-15-19(8-6-2)24(28-16(3)4)21(23(18)27)13-14-22(26)17-9-11-20(25)12-10-17;1-5-15-13-16(6-2)22(26-14(3)4)19(21(15)25)11-12-20(24)17-7-9-18(23)10-8-17/h9-16,25,27H,5-8H2,1-4H3;7-14,23,25H,5-6H2,1-4H3/b14-13+;12-11+. The molecular weight excluding hydrogens is 680 g/mol. The lowest BCUT2D eigenvalue weighted by Gasteiger charge is -2.20. The molecule has 0 bridgehead atoms. The van der Waals surface area contributed by atoms with E-state index in [2.05, 4.69) is 13.8 Å². The first kappa shape index (κ1) is 42.9. The van der Waals surface area contributed by atoms with Crippen molar-refractivity contribution in [2.24, 2.45) is 0 Å². The fraction of sp³-hybridized carbons (Fsp3) is 0.348. The van der Waals surface area contributed by atoms with Crippen molar-refractivity contribution < 1.29 is 39.5 Å². The number of rotatable bonds is 16. The highest BCUT2D eigenvalue weighted by atomic mass is 16.5. The number of ketones is 2. The Hall–Kier alpha value is -5.50. The first-order valence-electron chi connectivity index (χ1n) is 18.9. The van der Waals surface area contributed by atoms with Gasteiger partial charge in [-0.1, -0.05) is 40.5 Å². The van der Waals surface area contributed by atoms with Crippen LogP contribution in [0.25, 0.3) is 12.2 Å². The summed E-state index contributed by atoms with van der Waals surface area (Å²) in [6.07, 6.45) is 11.0. The van der Waals surface area contributed by atoms with Crippen LogP contribution in [0, 0.1) is 0 Å². The van der Waals surface area contributed by atoms with Crippen molar-refractivity contribution in [3.63, 3.8) is 0 Å². The van der Waals surface area contributed by atoms with E-state index in [1.54, 1.807) is 36.4 Å². The number of hydrogen-bond donors (Lipinski definition) is 4. The summed E-state index contributed by atoms with van der Waals surface area (Å²) in [5.74, 6) is 1.40. The van der Waals surface area contributed by atoms with Gasteiger partial charge in [-0.15, -0.1) is 0 Å². The number of aromatic hydroxyl groups is 4. The maximum atomic E-state index is 12.5. The highest BCUT2D eigenvalue weighted by Crippen LogP contribution is 2.39. The van der Waals surface area contributed by atoms with Crippen molar-refractivity contribution in [2.45, 2.75) is 106 Å². The van der Waals surface area contributed by atoms with Crippen LogP contribution in [-0.2, 0) is 25.7 Å². The van der Waals surface area contributed by atoms with Crippen LogP contribution in [0.3, 0.4) is 0 Å². The molecule has 0 saturated heterocycles. The molecule has 0 aromatic heterocycles. The first-order chi connectivity index (χ1) is 25.7. The van der Waals surface area contributed by atoms with Gasteiger partial charge in [0.1, 0.15) is 34.5 Å². The van der Waals surface area contributed by atoms with E-state index >= 15 is 0 Å². The zero-order chi connectivity index (χ0) is 39.9. The first-order valence-corrected chi connectivity index (χ1v) is 18.9. The fourth-order valence-corrected chi connectivity index (χ4v) is 5.86. The van der Waals surface area contributed by atoms with Gasteiger partial charge < -0.3 is 29.9 Å². The third kappa shape index (κ3) is 11.8. The summed E-state index contributed by atoms with van der Waals surface area (Å²) in [6, 6.07) is 16.2. The smallest absolute Gasteiger partial charge is 0.185 e. The normalized spacial score (nSPS) is 11.3. The van der Waals surface area contributed by atoms with E-state index in [1.165, 1.54) is 36.4 Å². The summed E-state index contributed by atoms with van der Waals surface area (Å²) in [4.78, 5) is 24.9. The molecule has 0 spiro atoms. The molecule has 4 rings (SSSR count). The van der Waals surface area contributed by atoms with Gasteiger partial charge in [-0.25, -0.2) is 0 Å². The van der Waals surface area contributed by atoms with Crippen molar-refractivity contribution in [3.8, 4) is 34.5 Å². The van der Waals surface area contributed by atoms with E-state index < -0.39 is 0 Å². The molecule has 8 heteroatoms. The average Bonchev–Trinajstić information content (AvgIpc) is 3.13. The minimum absolute atomic E-state index is 0.0490. The second kappa shape index (κ2) is 20.7. The van der Waals surface area contributed by atoms with Crippen molar-refractivity contribution in [1.29, 1.82) is 0 Å². The lowest BCUT2D eigenvalue weighted by atomic mass is 9.96. The Labute approximate surface area is 320 Å². The SMILES string of the molecule is CCCc1cc(CCC)c(OC(C)C)c(/C=C/C(=O)c2ccc(O)cc2)c1O.CCc1cc(CC)c(OC(C)C)c(/C=C/C(=O)c2ccc(O)cc2)c1O. The molecule has 0 atom stereocenters. The summed E-state index contributed by atoms with van der Waals surface area (Å²) >= 11 is 0. The van der Waals surface area contributed by atoms with Crippen molar-refractivity contribution in [3.05, 3.63) is 117 Å². The molecule has 0 aliphatic carbocycles. The lowest BCUT2D eigenvalue weighted by molar-refractivity contribution is 0.103. The van der Waals surface area contributed by atoms with Crippen LogP contribution in [0.15, 0.2) is 72.8 Å². The zero-order valence-electron chi connectivity index (χ0n) is 32.9. The molecule has 0 heterocycles. The van der Waals surface area contributed by atoms with E-state index in [4.69, 9.17) is 9.47 Å². The Bertz CT molecular complexity index is 1920. The number of hydrogen-bond acceptors (Lipinski definition) is 8. The van der Waals surface area contributed by atoms with Gasteiger partial charge in [0, 0.05) is 11.1 Å². The molecule has 0 unspecified atom stereocenters. The minimum atomic E-state index is -0.208. The minimum Gasteiger partial charge on any atom is -0.508 e. The number of aryl methyl sites for hydroxylation is 4. The van der Waals surface area contributed by atoms with Gasteiger partial charge in [-0.3, -0.25) is 9.59 Å². The van der Waals surface area contributed by atoms with Gasteiger partial charge in [0.05, 0.1) is 23.3 Å². The van der Waals surface area contributed by atoms with Crippen LogP contribution in [-0.4, -0.2) is 44.2 Å². The van der Waals surface area contributed by atoms with Crippen molar-refractivity contribution in [1.82, 2.24) is 0 Å². The Morgan fingerprint density at radius 2 is 0.926 bits per heavy atom. The summed E-state index contributed by atoms with van der Waals surface area (Å²) < 4.78 is 12.0. The van der Waals surface area contributed by atoms with E-state index in [1.807, 2.05) is 53.7 Å². The Morgan fingerprint density at radius 3 is 1.31 bits per heavy atom. The Kier molecular flexibility index (Phi) is 16.4. The third-order valence-electron chi connectivity index (χ3n) is 8.50. The summed E-state index contributed by atoms with van der Waals surface area (Å²) in [5, 5.41) is 40.2. The number of ether oxygens (including phenoxy) is 2. The number of phenols is 4. The number of benzene rings is 4. The monoisotopic (exact) mass is 736 g/mol. The predicted octanol–water partition coefficient (Wildman–Crippen LogP) is 10.6. The predicted molar refractivity (Wildman–Crippen MR) is 217 cm³/mol. The second-order valence-electron chi connectivity index (χ2n) is 13.6. The number of carbonyl (C=O) groups excluding carboxylic acids is 2.